The predicted molar refractivity (Wildman–Crippen MR) is 102 cm³/mol. The Bertz CT molecular complexity index is 1150. The Hall–Kier alpha value is -3.67. The summed E-state index contributed by atoms with van der Waals surface area (Å²) < 4.78 is 24.5. The summed E-state index contributed by atoms with van der Waals surface area (Å²) in [4.78, 5) is 26.5. The lowest BCUT2D eigenvalue weighted by Crippen LogP contribution is -2.16. The van der Waals surface area contributed by atoms with Crippen LogP contribution in [-0.2, 0) is 11.3 Å². The van der Waals surface area contributed by atoms with Crippen molar-refractivity contribution in [1.82, 2.24) is 4.98 Å². The van der Waals surface area contributed by atoms with Crippen LogP contribution in [0.5, 0.6) is 5.75 Å². The predicted octanol–water partition coefficient (Wildman–Crippen LogP) is 4.07. The Morgan fingerprint density at radius 1 is 1.11 bits per heavy atom. The van der Waals surface area contributed by atoms with Gasteiger partial charge < -0.3 is 14.5 Å². The molecule has 0 saturated carbocycles. The van der Waals surface area contributed by atoms with Gasteiger partial charge in [-0.2, -0.15) is 0 Å². The molecule has 0 amide bonds. The molecule has 0 saturated heterocycles. The van der Waals surface area contributed by atoms with Gasteiger partial charge in [0.05, 0.1) is 0 Å². The van der Waals surface area contributed by atoms with Gasteiger partial charge in [-0.05, 0) is 42.8 Å². The van der Waals surface area contributed by atoms with E-state index in [4.69, 9.17) is 9.47 Å². The molecule has 1 aliphatic heterocycles. The van der Waals surface area contributed by atoms with Crippen LogP contribution in [0.2, 0.25) is 0 Å². The van der Waals surface area contributed by atoms with Gasteiger partial charge in [0.2, 0.25) is 0 Å². The summed E-state index contributed by atoms with van der Waals surface area (Å²) in [5, 5.41) is 0. The second kappa shape index (κ2) is 7.15. The Morgan fingerprint density at radius 2 is 1.86 bits per heavy atom. The summed E-state index contributed by atoms with van der Waals surface area (Å²) in [5.41, 5.74) is 1.92. The van der Waals surface area contributed by atoms with Crippen molar-refractivity contribution in [2.75, 3.05) is 0 Å². The molecule has 2 aromatic carbocycles. The van der Waals surface area contributed by atoms with Gasteiger partial charge in [-0.3, -0.25) is 4.79 Å². The summed E-state index contributed by atoms with van der Waals surface area (Å²) in [6, 6.07) is 15.2. The fourth-order valence-electron chi connectivity index (χ4n) is 2.99. The maximum atomic E-state index is 13.6. The molecule has 0 bridgehead atoms. The van der Waals surface area contributed by atoms with Crippen LogP contribution in [0, 0.1) is 12.7 Å². The van der Waals surface area contributed by atoms with Crippen LogP contribution in [0.4, 0.5) is 4.39 Å². The Morgan fingerprint density at radius 3 is 2.61 bits per heavy atom. The van der Waals surface area contributed by atoms with Crippen LogP contribution in [0.25, 0.3) is 11.8 Å². The van der Waals surface area contributed by atoms with Crippen molar-refractivity contribution in [2.24, 2.45) is 0 Å². The number of pyridine rings is 1. The summed E-state index contributed by atoms with van der Waals surface area (Å²) in [6.45, 7) is 1.87. The fraction of sp³-hybridized carbons (Fsp3) is 0.0909. The van der Waals surface area contributed by atoms with Crippen LogP contribution in [-0.4, -0.2) is 11.0 Å². The molecule has 0 radical (unpaired) electrons. The molecule has 5 nitrogen and oxygen atoms in total. The first kappa shape index (κ1) is 17.7. The number of carbonyl (C=O) groups is 1. The second-order valence-electron chi connectivity index (χ2n) is 6.42. The second-order valence-corrected chi connectivity index (χ2v) is 6.42. The van der Waals surface area contributed by atoms with Crippen LogP contribution >= 0.6 is 0 Å². The first-order valence-corrected chi connectivity index (χ1v) is 8.66. The van der Waals surface area contributed by atoms with E-state index in [1.807, 2.05) is 0 Å². The van der Waals surface area contributed by atoms with Crippen molar-refractivity contribution in [3.63, 3.8) is 0 Å². The highest BCUT2D eigenvalue weighted by molar-refractivity contribution is 6.05. The number of halogens is 1. The minimum atomic E-state index is -0.660. The number of esters is 1. The number of aryl methyl sites for hydroxylation is 1. The molecule has 28 heavy (non-hydrogen) atoms. The fourth-order valence-corrected chi connectivity index (χ4v) is 2.99. The molecule has 3 aromatic rings. The third-order valence-corrected chi connectivity index (χ3v) is 4.37. The van der Waals surface area contributed by atoms with Crippen molar-refractivity contribution in [3.05, 3.63) is 98.7 Å². The van der Waals surface area contributed by atoms with Crippen molar-refractivity contribution < 1.29 is 18.7 Å². The number of cyclic esters (lactones) is 1. The lowest BCUT2D eigenvalue weighted by molar-refractivity contribution is 0.0715. The molecule has 1 aliphatic rings. The quantitative estimate of drug-likeness (QED) is 0.696. The van der Waals surface area contributed by atoms with Gasteiger partial charge in [-0.15, -0.1) is 0 Å². The monoisotopic (exact) mass is 377 g/mol. The number of H-pyrrole nitrogens is 1. The van der Waals surface area contributed by atoms with E-state index in [0.29, 0.717) is 28.3 Å². The van der Waals surface area contributed by atoms with Crippen LogP contribution < -0.4 is 10.3 Å². The van der Waals surface area contributed by atoms with Gasteiger partial charge in [-0.1, -0.05) is 30.3 Å². The molecule has 6 heteroatoms. The Labute approximate surface area is 160 Å². The van der Waals surface area contributed by atoms with E-state index in [9.17, 15) is 14.0 Å². The first-order chi connectivity index (χ1) is 13.5. The van der Waals surface area contributed by atoms with Gasteiger partial charge in [0, 0.05) is 16.8 Å². The maximum absolute atomic E-state index is 13.6. The highest BCUT2D eigenvalue weighted by Crippen LogP contribution is 2.30. The molecular formula is C22H16FNO4. The summed E-state index contributed by atoms with van der Waals surface area (Å²) in [6.07, 6.45) is 1.68. The van der Waals surface area contributed by atoms with Gasteiger partial charge in [0.15, 0.2) is 0 Å². The average molecular weight is 377 g/mol. The van der Waals surface area contributed by atoms with E-state index in [1.54, 1.807) is 61.5 Å². The summed E-state index contributed by atoms with van der Waals surface area (Å²) >= 11 is 0. The zero-order valence-corrected chi connectivity index (χ0v) is 15.0. The van der Waals surface area contributed by atoms with E-state index < -0.39 is 11.5 Å². The standard InChI is InChI=1S/C22H16FNO4/c1-13-10-17-19(28-22(26)20(17)21(25)24-13)11-14-6-8-16(9-7-14)27-12-15-4-2-3-5-18(15)23/h2-11H,12H2,1H3,(H,24,25). The maximum Gasteiger partial charge on any atom is 0.349 e. The largest absolute Gasteiger partial charge is 0.489 e. The zero-order chi connectivity index (χ0) is 19.7. The first-order valence-electron chi connectivity index (χ1n) is 8.66. The molecular weight excluding hydrogens is 361 g/mol. The van der Waals surface area contributed by atoms with Crippen molar-refractivity contribution in [2.45, 2.75) is 13.5 Å². The number of aromatic nitrogens is 1. The van der Waals surface area contributed by atoms with Crippen molar-refractivity contribution in [1.29, 1.82) is 0 Å². The highest BCUT2D eigenvalue weighted by Gasteiger charge is 2.29. The number of nitrogens with one attached hydrogen (secondary N) is 1. The number of fused-ring (bicyclic) bond motifs is 1. The number of rotatable bonds is 4. The van der Waals surface area contributed by atoms with Gasteiger partial charge in [0.25, 0.3) is 5.56 Å². The molecule has 0 aliphatic carbocycles. The summed E-state index contributed by atoms with van der Waals surface area (Å²) in [5.74, 6) is -0.0566. The number of hydrogen-bond acceptors (Lipinski definition) is 4. The molecule has 0 fully saturated rings. The summed E-state index contributed by atoms with van der Waals surface area (Å²) in [7, 11) is 0. The minimum absolute atomic E-state index is 0.0155. The van der Waals surface area contributed by atoms with E-state index in [-0.39, 0.29) is 18.0 Å². The van der Waals surface area contributed by atoms with Gasteiger partial charge in [-0.25, -0.2) is 9.18 Å². The lowest BCUT2D eigenvalue weighted by Gasteiger charge is -2.07. The van der Waals surface area contributed by atoms with Crippen LogP contribution in [0.3, 0.4) is 0 Å². The van der Waals surface area contributed by atoms with Crippen molar-refractivity contribution >= 4 is 17.8 Å². The van der Waals surface area contributed by atoms with E-state index in [1.165, 1.54) is 6.07 Å². The number of hydrogen-bond donors (Lipinski definition) is 1. The molecule has 1 N–H and O–H groups in total. The molecule has 0 unspecified atom stereocenters. The molecule has 0 spiro atoms. The minimum Gasteiger partial charge on any atom is -0.489 e. The molecule has 140 valence electrons. The Kier molecular flexibility index (Phi) is 4.53. The van der Waals surface area contributed by atoms with E-state index in [0.717, 1.165) is 5.56 Å². The normalized spacial score (nSPS) is 14.1. The third kappa shape index (κ3) is 3.44. The zero-order valence-electron chi connectivity index (χ0n) is 15.0. The van der Waals surface area contributed by atoms with E-state index >= 15 is 0 Å². The third-order valence-electron chi connectivity index (χ3n) is 4.37. The number of carbonyl (C=O) groups excluding carboxylic acids is 1. The highest BCUT2D eigenvalue weighted by atomic mass is 19.1. The molecule has 2 heterocycles. The number of benzene rings is 2. The SMILES string of the molecule is Cc1cc2c(c(=O)[nH]1)C(=O)OC2=Cc1ccc(OCc2ccccc2F)cc1. The van der Waals surface area contributed by atoms with Gasteiger partial charge >= 0.3 is 5.97 Å². The smallest absolute Gasteiger partial charge is 0.349 e. The Balaban J connectivity index is 1.54. The number of ether oxygens (including phenoxy) is 2. The molecule has 4 rings (SSSR count). The molecule has 1 aromatic heterocycles. The van der Waals surface area contributed by atoms with Crippen LogP contribution in [0.1, 0.15) is 32.7 Å². The van der Waals surface area contributed by atoms with Crippen molar-refractivity contribution in [3.8, 4) is 5.75 Å². The average Bonchev–Trinajstić information content (AvgIpc) is 2.97. The molecule has 0 atom stereocenters. The number of aromatic amines is 1. The van der Waals surface area contributed by atoms with E-state index in [2.05, 4.69) is 4.98 Å². The van der Waals surface area contributed by atoms with Crippen LogP contribution in [0.15, 0.2) is 59.4 Å². The topological polar surface area (TPSA) is 68.4 Å². The van der Waals surface area contributed by atoms with Gasteiger partial charge in [0.1, 0.15) is 29.5 Å². The lowest BCUT2D eigenvalue weighted by atomic mass is 10.1.